The monoisotopic (exact) mass is 579 g/mol. The third-order valence-corrected chi connectivity index (χ3v) is 9.40. The molecule has 0 amide bonds. The van der Waals surface area contributed by atoms with Gasteiger partial charge < -0.3 is 4.57 Å². The minimum Gasteiger partial charge on any atom is -0.309 e. The number of nitrogens with zero attached hydrogens (tertiary/aromatic N) is 1. The average Bonchev–Trinajstić information content (AvgIpc) is 3.54. The summed E-state index contributed by atoms with van der Waals surface area (Å²) in [4.78, 5) is 0. The first-order valence-corrected chi connectivity index (χ1v) is 14.7. The zero-order valence-corrected chi connectivity index (χ0v) is 23.3. The lowest BCUT2D eigenvalue weighted by Gasteiger charge is -2.12. The molecule has 2 heterocycles. The van der Waals surface area contributed by atoms with Gasteiger partial charge in [-0.05, 0) is 59.2 Å². The van der Waals surface area contributed by atoms with E-state index in [0.717, 1.165) is 4.47 Å². The molecule has 8 rings (SSSR count). The Morgan fingerprint density at radius 3 is 1.97 bits per heavy atom. The highest BCUT2D eigenvalue weighted by Gasteiger charge is 2.21. The summed E-state index contributed by atoms with van der Waals surface area (Å²) in [6.45, 7) is 0. The predicted octanol–water partition coefficient (Wildman–Crippen LogP) is 11.2. The van der Waals surface area contributed by atoms with Gasteiger partial charge in [0.25, 0.3) is 0 Å². The molecule has 0 spiro atoms. The second kappa shape index (κ2) is 8.94. The van der Waals surface area contributed by atoms with Crippen LogP contribution in [0.5, 0.6) is 0 Å². The minimum atomic E-state index is 1.09. The molecule has 0 aliphatic carbocycles. The number of thiophene rings is 1. The second-order valence-electron chi connectivity index (χ2n) is 9.89. The van der Waals surface area contributed by atoms with E-state index >= 15 is 0 Å². The van der Waals surface area contributed by atoms with Crippen molar-refractivity contribution in [3.05, 3.63) is 138 Å². The van der Waals surface area contributed by atoms with E-state index in [0.29, 0.717) is 0 Å². The predicted molar refractivity (Wildman–Crippen MR) is 172 cm³/mol. The zero-order valence-electron chi connectivity index (χ0n) is 20.9. The van der Waals surface area contributed by atoms with Crippen molar-refractivity contribution in [3.63, 3.8) is 0 Å². The Kier molecular flexibility index (Phi) is 5.22. The maximum absolute atomic E-state index is 3.62. The van der Waals surface area contributed by atoms with Crippen LogP contribution in [0, 0.1) is 0 Å². The minimum absolute atomic E-state index is 1.09. The summed E-state index contributed by atoms with van der Waals surface area (Å²) in [6, 6.07) is 48.4. The number of hydrogen-bond donors (Lipinski definition) is 0. The quantitative estimate of drug-likeness (QED) is 0.196. The van der Waals surface area contributed by atoms with Gasteiger partial charge in [0.05, 0.1) is 11.0 Å². The molecule has 0 N–H and O–H groups in total. The second-order valence-corrected chi connectivity index (χ2v) is 11.9. The van der Waals surface area contributed by atoms with Crippen molar-refractivity contribution in [2.45, 2.75) is 0 Å². The van der Waals surface area contributed by atoms with E-state index in [-0.39, 0.29) is 0 Å². The Morgan fingerprint density at radius 2 is 1.18 bits per heavy atom. The van der Waals surface area contributed by atoms with E-state index in [1.54, 1.807) is 0 Å². The number of halogens is 1. The molecule has 0 aliphatic heterocycles. The summed E-state index contributed by atoms with van der Waals surface area (Å²) in [7, 11) is 0. The van der Waals surface area contributed by atoms with E-state index in [1.807, 2.05) is 11.3 Å². The van der Waals surface area contributed by atoms with Gasteiger partial charge in [-0.25, -0.2) is 0 Å². The number of benzene rings is 6. The highest BCUT2D eigenvalue weighted by atomic mass is 79.9. The third kappa shape index (κ3) is 3.58. The topological polar surface area (TPSA) is 4.93 Å². The first-order valence-electron chi connectivity index (χ1n) is 13.1. The molecular weight excluding hydrogens is 558 g/mol. The summed E-state index contributed by atoms with van der Waals surface area (Å²) in [6.07, 6.45) is 0. The van der Waals surface area contributed by atoms with Gasteiger partial charge >= 0.3 is 0 Å². The fourth-order valence-corrected chi connectivity index (χ4v) is 7.39. The normalized spacial score (nSPS) is 11.7. The lowest BCUT2D eigenvalue weighted by atomic mass is 9.99. The number of fused-ring (bicyclic) bond motifs is 7. The third-order valence-electron chi connectivity index (χ3n) is 7.67. The van der Waals surface area contributed by atoms with Crippen LogP contribution in [-0.4, -0.2) is 4.57 Å². The lowest BCUT2D eigenvalue weighted by molar-refractivity contribution is 1.19. The first-order chi connectivity index (χ1) is 19.3. The highest BCUT2D eigenvalue weighted by Crippen LogP contribution is 2.47. The van der Waals surface area contributed by atoms with Crippen LogP contribution < -0.4 is 0 Å². The number of rotatable bonds is 3. The van der Waals surface area contributed by atoms with E-state index in [4.69, 9.17) is 0 Å². The van der Waals surface area contributed by atoms with Crippen LogP contribution in [0.3, 0.4) is 0 Å². The van der Waals surface area contributed by atoms with E-state index < -0.39 is 0 Å². The maximum atomic E-state index is 3.62. The summed E-state index contributed by atoms with van der Waals surface area (Å²) in [5.74, 6) is 0. The SMILES string of the molecule is Brc1ccc(-c2cc3c4ccccc4n(-c4ccc(-c5ccccc5)cc4)c3c3c2sc2ccccc23)cc1. The van der Waals surface area contributed by atoms with Gasteiger partial charge in [-0.15, -0.1) is 11.3 Å². The lowest BCUT2D eigenvalue weighted by Crippen LogP contribution is -1.94. The summed E-state index contributed by atoms with van der Waals surface area (Å²) in [5.41, 5.74) is 8.66. The van der Waals surface area contributed by atoms with E-state index in [1.165, 1.54) is 69.9 Å². The van der Waals surface area contributed by atoms with Crippen molar-refractivity contribution >= 4 is 69.2 Å². The number of para-hydroxylation sites is 1. The van der Waals surface area contributed by atoms with Crippen molar-refractivity contribution in [2.24, 2.45) is 0 Å². The number of aromatic nitrogens is 1. The molecule has 0 radical (unpaired) electrons. The molecule has 0 saturated heterocycles. The molecule has 0 unspecified atom stereocenters. The zero-order chi connectivity index (χ0) is 25.9. The molecule has 6 aromatic carbocycles. The molecule has 1 nitrogen and oxygen atoms in total. The van der Waals surface area contributed by atoms with Gasteiger partial charge in [0.1, 0.15) is 0 Å². The van der Waals surface area contributed by atoms with E-state index in [9.17, 15) is 0 Å². The molecule has 0 fully saturated rings. The summed E-state index contributed by atoms with van der Waals surface area (Å²) < 4.78 is 6.20. The molecule has 0 bridgehead atoms. The smallest absolute Gasteiger partial charge is 0.0634 e. The Hall–Kier alpha value is -4.18. The van der Waals surface area contributed by atoms with Gasteiger partial charge in [-0.3, -0.25) is 0 Å². The standard InChI is InChI=1S/C36H22BrNS/c37-26-18-14-25(15-19-26)30-22-31-28-10-4-6-12-32(28)38(27-20-16-24(17-21-27)23-8-2-1-3-9-23)35(31)34-29-11-5-7-13-33(29)39-36(30)34/h1-22H. The molecule has 0 saturated carbocycles. The highest BCUT2D eigenvalue weighted by molar-refractivity contribution is 9.10. The Morgan fingerprint density at radius 1 is 0.538 bits per heavy atom. The van der Waals surface area contributed by atoms with Crippen LogP contribution in [-0.2, 0) is 0 Å². The van der Waals surface area contributed by atoms with Crippen molar-refractivity contribution in [1.29, 1.82) is 0 Å². The molecule has 39 heavy (non-hydrogen) atoms. The van der Waals surface area contributed by atoms with Crippen molar-refractivity contribution < 1.29 is 0 Å². The van der Waals surface area contributed by atoms with E-state index in [2.05, 4.69) is 154 Å². The van der Waals surface area contributed by atoms with Crippen LogP contribution in [0.15, 0.2) is 138 Å². The van der Waals surface area contributed by atoms with Crippen LogP contribution in [0.25, 0.3) is 69.9 Å². The molecule has 0 atom stereocenters. The van der Waals surface area contributed by atoms with Crippen LogP contribution >= 0.6 is 27.3 Å². The van der Waals surface area contributed by atoms with Gasteiger partial charge in [0.2, 0.25) is 0 Å². The maximum Gasteiger partial charge on any atom is 0.0634 e. The molecular formula is C36H22BrNS. The van der Waals surface area contributed by atoms with Crippen molar-refractivity contribution in [1.82, 2.24) is 4.57 Å². The Bertz CT molecular complexity index is 2150. The largest absolute Gasteiger partial charge is 0.309 e. The molecule has 3 heteroatoms. The summed E-state index contributed by atoms with van der Waals surface area (Å²) in [5, 5.41) is 5.20. The van der Waals surface area contributed by atoms with Gasteiger partial charge in [0.15, 0.2) is 0 Å². The molecule has 2 aromatic heterocycles. The molecule has 184 valence electrons. The van der Waals surface area contributed by atoms with Crippen LogP contribution in [0.4, 0.5) is 0 Å². The van der Waals surface area contributed by atoms with Gasteiger partial charge in [-0.2, -0.15) is 0 Å². The first kappa shape index (κ1) is 22.8. The fraction of sp³-hybridized carbons (Fsp3) is 0. The average molecular weight is 581 g/mol. The van der Waals surface area contributed by atoms with Crippen molar-refractivity contribution in [2.75, 3.05) is 0 Å². The van der Waals surface area contributed by atoms with Gasteiger partial charge in [-0.1, -0.05) is 107 Å². The summed E-state index contributed by atoms with van der Waals surface area (Å²) >= 11 is 5.51. The fourth-order valence-electron chi connectivity index (χ4n) is 5.88. The number of hydrogen-bond acceptors (Lipinski definition) is 1. The van der Waals surface area contributed by atoms with Crippen LogP contribution in [0.2, 0.25) is 0 Å². The molecule has 0 aliphatic rings. The van der Waals surface area contributed by atoms with Crippen LogP contribution in [0.1, 0.15) is 0 Å². The van der Waals surface area contributed by atoms with Crippen molar-refractivity contribution in [3.8, 4) is 27.9 Å². The van der Waals surface area contributed by atoms with Gasteiger partial charge in [0, 0.05) is 46.7 Å². The molecule has 8 aromatic rings. The Labute approximate surface area is 238 Å². The Balaban J connectivity index is 1.50.